The Morgan fingerprint density at radius 1 is 1.47 bits per heavy atom. The lowest BCUT2D eigenvalue weighted by molar-refractivity contribution is 0.112. The summed E-state index contributed by atoms with van der Waals surface area (Å²) in [5.41, 5.74) is 0.687. The Morgan fingerprint density at radius 3 is 2.87 bits per heavy atom. The topological polar surface area (TPSA) is 33.2 Å². The van der Waals surface area contributed by atoms with Gasteiger partial charge < -0.3 is 4.90 Å². The molecule has 0 saturated heterocycles. The molecule has 1 fully saturated rings. The van der Waals surface area contributed by atoms with Crippen LogP contribution in [0.2, 0.25) is 0 Å². The van der Waals surface area contributed by atoms with E-state index in [9.17, 15) is 4.79 Å². The lowest BCUT2D eigenvalue weighted by atomic mass is 10.2. The van der Waals surface area contributed by atoms with Crippen molar-refractivity contribution < 1.29 is 4.79 Å². The summed E-state index contributed by atoms with van der Waals surface area (Å²) in [7, 11) is 2.03. The Labute approximate surface area is 90.1 Å². The van der Waals surface area contributed by atoms with E-state index >= 15 is 0 Å². The van der Waals surface area contributed by atoms with Crippen LogP contribution in [0.3, 0.4) is 0 Å². The molecule has 80 valence electrons. The number of pyridine rings is 1. The van der Waals surface area contributed by atoms with Crippen LogP contribution in [0, 0.1) is 0 Å². The highest BCUT2D eigenvalue weighted by Gasteiger charge is 2.21. The molecule has 0 N–H and O–H groups in total. The molecular weight excluding hydrogens is 188 g/mol. The quantitative estimate of drug-likeness (QED) is 0.708. The lowest BCUT2D eigenvalue weighted by Gasteiger charge is -2.26. The fraction of sp³-hybridized carbons (Fsp3) is 0.500. The second kappa shape index (κ2) is 4.43. The minimum Gasteiger partial charge on any atom is -0.356 e. The summed E-state index contributed by atoms with van der Waals surface area (Å²) >= 11 is 0. The van der Waals surface area contributed by atoms with E-state index in [2.05, 4.69) is 9.88 Å². The number of carbonyl (C=O) groups excluding carboxylic acids is 1. The number of aldehydes is 1. The number of nitrogens with zero attached hydrogens (tertiary/aromatic N) is 2. The van der Waals surface area contributed by atoms with Crippen LogP contribution < -0.4 is 4.90 Å². The van der Waals surface area contributed by atoms with Gasteiger partial charge in [-0.1, -0.05) is 12.8 Å². The number of carbonyl (C=O) groups is 1. The Morgan fingerprint density at radius 2 is 2.20 bits per heavy atom. The average Bonchev–Trinajstić information content (AvgIpc) is 2.81. The van der Waals surface area contributed by atoms with Crippen molar-refractivity contribution in [2.45, 2.75) is 31.7 Å². The fourth-order valence-electron chi connectivity index (χ4n) is 2.26. The molecule has 15 heavy (non-hydrogen) atoms. The van der Waals surface area contributed by atoms with E-state index in [0.717, 1.165) is 12.1 Å². The molecule has 1 aliphatic rings. The highest BCUT2D eigenvalue weighted by molar-refractivity contribution is 5.82. The number of aromatic nitrogens is 1. The summed E-state index contributed by atoms with van der Waals surface area (Å²) < 4.78 is 0. The number of hydrogen-bond acceptors (Lipinski definition) is 3. The molecule has 1 aliphatic carbocycles. The van der Waals surface area contributed by atoms with Crippen LogP contribution in [-0.2, 0) is 0 Å². The molecule has 2 rings (SSSR count). The smallest absolute Gasteiger partial charge is 0.153 e. The summed E-state index contributed by atoms with van der Waals surface area (Å²) in [4.78, 5) is 17.3. The summed E-state index contributed by atoms with van der Waals surface area (Å²) in [5.74, 6) is 0.819. The van der Waals surface area contributed by atoms with Gasteiger partial charge in [0.1, 0.15) is 5.82 Å². The zero-order valence-corrected chi connectivity index (χ0v) is 9.02. The largest absolute Gasteiger partial charge is 0.356 e. The van der Waals surface area contributed by atoms with Crippen LogP contribution in [-0.4, -0.2) is 24.4 Å². The number of hydrogen-bond donors (Lipinski definition) is 0. The lowest BCUT2D eigenvalue weighted by Crippen LogP contribution is -2.30. The second-order valence-electron chi connectivity index (χ2n) is 4.08. The maximum absolute atomic E-state index is 10.9. The predicted molar refractivity (Wildman–Crippen MR) is 60.3 cm³/mol. The van der Waals surface area contributed by atoms with Crippen molar-refractivity contribution in [2.75, 3.05) is 11.9 Å². The molecular formula is C12H16N2O. The van der Waals surface area contributed by atoms with E-state index in [1.165, 1.54) is 25.7 Å². The monoisotopic (exact) mass is 204 g/mol. The van der Waals surface area contributed by atoms with Crippen LogP contribution in [0.4, 0.5) is 5.82 Å². The molecule has 0 aliphatic heterocycles. The summed E-state index contributed by atoms with van der Waals surface area (Å²) in [6.07, 6.45) is 7.63. The van der Waals surface area contributed by atoms with Gasteiger partial charge in [-0.05, 0) is 25.0 Å². The van der Waals surface area contributed by atoms with Crippen molar-refractivity contribution in [3.8, 4) is 0 Å². The first kappa shape index (κ1) is 10.1. The molecule has 0 spiro atoms. The van der Waals surface area contributed by atoms with Gasteiger partial charge in [0.2, 0.25) is 0 Å². The van der Waals surface area contributed by atoms with Crippen molar-refractivity contribution in [1.29, 1.82) is 0 Å². The van der Waals surface area contributed by atoms with Crippen molar-refractivity contribution in [3.05, 3.63) is 23.9 Å². The highest BCUT2D eigenvalue weighted by Crippen LogP contribution is 2.26. The van der Waals surface area contributed by atoms with Gasteiger partial charge in [-0.3, -0.25) is 4.79 Å². The van der Waals surface area contributed by atoms with Crippen LogP contribution in [0.25, 0.3) is 0 Å². The minimum absolute atomic E-state index is 0.554. The first-order valence-electron chi connectivity index (χ1n) is 5.46. The normalized spacial score (nSPS) is 16.6. The molecule has 0 radical (unpaired) electrons. The van der Waals surface area contributed by atoms with E-state index in [-0.39, 0.29) is 0 Å². The fourth-order valence-corrected chi connectivity index (χ4v) is 2.26. The van der Waals surface area contributed by atoms with Gasteiger partial charge in [-0.25, -0.2) is 4.98 Å². The van der Waals surface area contributed by atoms with E-state index in [0.29, 0.717) is 11.6 Å². The first-order valence-corrected chi connectivity index (χ1v) is 5.46. The van der Waals surface area contributed by atoms with E-state index in [4.69, 9.17) is 0 Å². The first-order chi connectivity index (χ1) is 7.33. The zero-order chi connectivity index (χ0) is 10.7. The maximum atomic E-state index is 10.9. The molecule has 1 saturated carbocycles. The van der Waals surface area contributed by atoms with Gasteiger partial charge >= 0.3 is 0 Å². The number of rotatable bonds is 3. The molecule has 1 heterocycles. The number of anilines is 1. The Balaban J connectivity index is 2.23. The summed E-state index contributed by atoms with van der Waals surface area (Å²) in [6.45, 7) is 0. The predicted octanol–water partition coefficient (Wildman–Crippen LogP) is 2.27. The Bertz CT molecular complexity index is 345. The molecule has 1 aromatic heterocycles. The van der Waals surface area contributed by atoms with Crippen LogP contribution >= 0.6 is 0 Å². The van der Waals surface area contributed by atoms with Crippen molar-refractivity contribution >= 4 is 12.1 Å². The molecule has 0 atom stereocenters. The van der Waals surface area contributed by atoms with Gasteiger partial charge in [0.25, 0.3) is 0 Å². The third-order valence-electron chi connectivity index (χ3n) is 3.15. The SMILES string of the molecule is CN(c1ncccc1C=O)C1CCCC1. The van der Waals surface area contributed by atoms with E-state index < -0.39 is 0 Å². The van der Waals surface area contributed by atoms with Gasteiger partial charge in [-0.2, -0.15) is 0 Å². The summed E-state index contributed by atoms with van der Waals surface area (Å²) in [6, 6.07) is 4.18. The van der Waals surface area contributed by atoms with Crippen molar-refractivity contribution in [2.24, 2.45) is 0 Å². The van der Waals surface area contributed by atoms with Gasteiger partial charge in [-0.15, -0.1) is 0 Å². The van der Waals surface area contributed by atoms with Gasteiger partial charge in [0, 0.05) is 19.3 Å². The van der Waals surface area contributed by atoms with Crippen LogP contribution in [0.15, 0.2) is 18.3 Å². The Hall–Kier alpha value is -1.38. The molecule has 0 bridgehead atoms. The highest BCUT2D eigenvalue weighted by atomic mass is 16.1. The minimum atomic E-state index is 0.554. The van der Waals surface area contributed by atoms with Gasteiger partial charge in [0.15, 0.2) is 6.29 Å². The third-order valence-corrected chi connectivity index (χ3v) is 3.15. The van der Waals surface area contributed by atoms with Crippen LogP contribution in [0.5, 0.6) is 0 Å². The Kier molecular flexibility index (Phi) is 2.99. The summed E-state index contributed by atoms with van der Waals surface area (Å²) in [5, 5.41) is 0. The molecule has 3 nitrogen and oxygen atoms in total. The molecule has 0 amide bonds. The second-order valence-corrected chi connectivity index (χ2v) is 4.08. The van der Waals surface area contributed by atoms with Crippen molar-refractivity contribution in [1.82, 2.24) is 4.98 Å². The zero-order valence-electron chi connectivity index (χ0n) is 9.02. The van der Waals surface area contributed by atoms with Crippen LogP contribution in [0.1, 0.15) is 36.0 Å². The molecule has 0 aromatic carbocycles. The maximum Gasteiger partial charge on any atom is 0.153 e. The third kappa shape index (κ3) is 2.01. The molecule has 3 heteroatoms. The van der Waals surface area contributed by atoms with E-state index in [1.807, 2.05) is 13.1 Å². The van der Waals surface area contributed by atoms with Gasteiger partial charge in [0.05, 0.1) is 5.56 Å². The molecule has 0 unspecified atom stereocenters. The molecule has 1 aromatic rings. The van der Waals surface area contributed by atoms with E-state index in [1.54, 1.807) is 12.3 Å². The average molecular weight is 204 g/mol. The van der Waals surface area contributed by atoms with Crippen molar-refractivity contribution in [3.63, 3.8) is 0 Å². The standard InChI is InChI=1S/C12H16N2O/c1-14(11-6-2-3-7-11)12-10(9-15)5-4-8-13-12/h4-5,8-9,11H,2-3,6-7H2,1H3.